The van der Waals surface area contributed by atoms with E-state index < -0.39 is 0 Å². The lowest BCUT2D eigenvalue weighted by Gasteiger charge is -2.32. The average Bonchev–Trinajstić information content (AvgIpc) is 1.81. The summed E-state index contributed by atoms with van der Waals surface area (Å²) >= 11 is 4.82. The molecule has 2 nitrogen and oxygen atoms in total. The third-order valence-corrected chi connectivity index (χ3v) is 2.64. The molecule has 0 saturated heterocycles. The molecular weight excluding hydrogens is 168 g/mol. The lowest BCUT2D eigenvalue weighted by atomic mass is 9.80. The van der Waals surface area contributed by atoms with Crippen LogP contribution in [0.15, 0.2) is 0 Å². The molecule has 0 heterocycles. The fourth-order valence-electron chi connectivity index (χ4n) is 2.27. The molecule has 0 bridgehead atoms. The monoisotopic (exact) mass is 186 g/mol. The van der Waals surface area contributed by atoms with Gasteiger partial charge < -0.3 is 11.1 Å². The number of nitrogens with two attached hydrogens (primary N) is 1. The molecule has 0 aromatic rings. The highest BCUT2D eigenvalue weighted by molar-refractivity contribution is 7.80. The van der Waals surface area contributed by atoms with Gasteiger partial charge in [-0.2, -0.15) is 0 Å². The molecule has 0 aromatic heterocycles. The van der Waals surface area contributed by atoms with E-state index in [0.717, 1.165) is 11.8 Å². The second-order valence-electron chi connectivity index (χ2n) is 4.12. The zero-order chi connectivity index (χ0) is 9.14. The number of hydrogen-bond donors (Lipinski definition) is 2. The minimum Gasteiger partial charge on any atom is -0.376 e. The van der Waals surface area contributed by atoms with Crippen molar-refractivity contribution >= 4 is 17.3 Å². The van der Waals surface area contributed by atoms with Gasteiger partial charge in [0.15, 0.2) is 5.11 Å². The van der Waals surface area contributed by atoms with Crippen LogP contribution in [0.3, 0.4) is 0 Å². The molecule has 3 heteroatoms. The Morgan fingerprint density at radius 1 is 1.25 bits per heavy atom. The molecule has 1 saturated carbocycles. The summed E-state index contributed by atoms with van der Waals surface area (Å²) in [5.41, 5.74) is 5.43. The van der Waals surface area contributed by atoms with Crippen molar-refractivity contribution in [2.75, 3.05) is 0 Å². The van der Waals surface area contributed by atoms with Gasteiger partial charge in [-0.05, 0) is 43.3 Å². The third-order valence-electron chi connectivity index (χ3n) is 2.52. The van der Waals surface area contributed by atoms with Gasteiger partial charge in [0.2, 0.25) is 0 Å². The predicted octanol–water partition coefficient (Wildman–Crippen LogP) is 1.64. The molecule has 1 aliphatic carbocycles. The first-order valence-corrected chi connectivity index (χ1v) is 5.04. The van der Waals surface area contributed by atoms with E-state index in [1.54, 1.807) is 0 Å². The summed E-state index contributed by atoms with van der Waals surface area (Å²) < 4.78 is 0. The molecule has 2 atom stereocenters. The summed E-state index contributed by atoms with van der Waals surface area (Å²) in [5.74, 6) is 1.61. The molecule has 1 rings (SSSR count). The van der Waals surface area contributed by atoms with Gasteiger partial charge in [0.05, 0.1) is 0 Å². The van der Waals surface area contributed by atoms with E-state index in [9.17, 15) is 0 Å². The lowest BCUT2D eigenvalue weighted by molar-refractivity contribution is 0.256. The number of hydrogen-bond acceptors (Lipinski definition) is 1. The first kappa shape index (κ1) is 9.78. The maximum absolute atomic E-state index is 5.43. The number of nitrogens with one attached hydrogen (secondary N) is 1. The molecule has 12 heavy (non-hydrogen) atoms. The maximum Gasteiger partial charge on any atom is 0.163 e. The summed E-state index contributed by atoms with van der Waals surface area (Å²) in [7, 11) is 0. The summed E-state index contributed by atoms with van der Waals surface area (Å²) in [5, 5.41) is 3.60. The maximum atomic E-state index is 5.43. The van der Waals surface area contributed by atoms with E-state index in [1.807, 2.05) is 0 Å². The van der Waals surface area contributed by atoms with Crippen molar-refractivity contribution in [3.05, 3.63) is 0 Å². The van der Waals surface area contributed by atoms with Gasteiger partial charge in [-0.3, -0.25) is 0 Å². The predicted molar refractivity (Wildman–Crippen MR) is 55.9 cm³/mol. The Bertz CT molecular complexity index is 160. The zero-order valence-electron chi connectivity index (χ0n) is 7.84. The Morgan fingerprint density at radius 2 is 1.75 bits per heavy atom. The first-order chi connectivity index (χ1) is 5.58. The highest BCUT2D eigenvalue weighted by Crippen LogP contribution is 2.28. The van der Waals surface area contributed by atoms with Crippen LogP contribution in [0, 0.1) is 11.8 Å². The largest absolute Gasteiger partial charge is 0.376 e. The summed E-state index contributed by atoms with van der Waals surface area (Å²) in [4.78, 5) is 0. The van der Waals surface area contributed by atoms with Gasteiger partial charge in [-0.15, -0.1) is 0 Å². The van der Waals surface area contributed by atoms with E-state index in [2.05, 4.69) is 19.2 Å². The van der Waals surface area contributed by atoms with Crippen LogP contribution in [0.25, 0.3) is 0 Å². The Kier molecular flexibility index (Phi) is 3.32. The van der Waals surface area contributed by atoms with Crippen molar-refractivity contribution in [3.8, 4) is 0 Å². The zero-order valence-corrected chi connectivity index (χ0v) is 8.66. The fourth-order valence-corrected chi connectivity index (χ4v) is 2.43. The quantitative estimate of drug-likeness (QED) is 0.611. The van der Waals surface area contributed by atoms with Crippen molar-refractivity contribution < 1.29 is 0 Å². The van der Waals surface area contributed by atoms with Crippen molar-refractivity contribution in [3.63, 3.8) is 0 Å². The van der Waals surface area contributed by atoms with Crippen LogP contribution >= 0.6 is 12.2 Å². The molecular formula is C9H18N2S. The Morgan fingerprint density at radius 3 is 2.17 bits per heavy atom. The molecule has 0 amide bonds. The normalized spacial score (nSPS) is 36.0. The molecule has 1 fully saturated rings. The second-order valence-corrected chi connectivity index (χ2v) is 4.56. The molecule has 3 N–H and O–H groups in total. The highest BCUT2D eigenvalue weighted by Gasteiger charge is 2.23. The molecule has 2 unspecified atom stereocenters. The first-order valence-electron chi connectivity index (χ1n) is 4.64. The van der Waals surface area contributed by atoms with Crippen LogP contribution < -0.4 is 11.1 Å². The van der Waals surface area contributed by atoms with Crippen LogP contribution in [0.1, 0.15) is 33.1 Å². The molecule has 70 valence electrons. The van der Waals surface area contributed by atoms with Crippen molar-refractivity contribution in [2.45, 2.75) is 39.2 Å². The topological polar surface area (TPSA) is 38.0 Å². The Balaban J connectivity index is 2.38. The SMILES string of the molecule is CC1CC(C)CC(NC(N)=S)C1. The third kappa shape index (κ3) is 2.97. The van der Waals surface area contributed by atoms with E-state index >= 15 is 0 Å². The van der Waals surface area contributed by atoms with Crippen molar-refractivity contribution in [2.24, 2.45) is 17.6 Å². The van der Waals surface area contributed by atoms with Gasteiger partial charge in [-0.1, -0.05) is 13.8 Å². The molecule has 0 spiro atoms. The standard InChI is InChI=1S/C9H18N2S/c1-6-3-7(2)5-8(4-6)11-9(10)12/h6-8H,3-5H2,1-2H3,(H3,10,11,12). The van der Waals surface area contributed by atoms with E-state index in [4.69, 9.17) is 18.0 Å². The summed E-state index contributed by atoms with van der Waals surface area (Å²) in [6, 6.07) is 0.515. The van der Waals surface area contributed by atoms with Gasteiger partial charge in [0, 0.05) is 6.04 Å². The molecule has 0 radical (unpaired) electrons. The van der Waals surface area contributed by atoms with Crippen LogP contribution in [0.2, 0.25) is 0 Å². The minimum atomic E-state index is 0.446. The van der Waals surface area contributed by atoms with Crippen LogP contribution in [-0.4, -0.2) is 11.2 Å². The Labute approximate surface area is 79.9 Å². The smallest absolute Gasteiger partial charge is 0.163 e. The van der Waals surface area contributed by atoms with Crippen LogP contribution in [0.4, 0.5) is 0 Å². The van der Waals surface area contributed by atoms with E-state index in [0.29, 0.717) is 11.2 Å². The summed E-state index contributed by atoms with van der Waals surface area (Å²) in [6.45, 7) is 4.59. The van der Waals surface area contributed by atoms with Gasteiger partial charge in [-0.25, -0.2) is 0 Å². The van der Waals surface area contributed by atoms with Crippen LogP contribution in [0.5, 0.6) is 0 Å². The lowest BCUT2D eigenvalue weighted by Crippen LogP contribution is -2.42. The van der Waals surface area contributed by atoms with Crippen molar-refractivity contribution in [1.82, 2.24) is 5.32 Å². The number of rotatable bonds is 1. The minimum absolute atomic E-state index is 0.446. The molecule has 0 aromatic carbocycles. The average molecular weight is 186 g/mol. The van der Waals surface area contributed by atoms with E-state index in [-0.39, 0.29) is 0 Å². The highest BCUT2D eigenvalue weighted by atomic mass is 32.1. The van der Waals surface area contributed by atoms with Crippen molar-refractivity contribution in [1.29, 1.82) is 0 Å². The summed E-state index contributed by atoms with van der Waals surface area (Å²) in [6.07, 6.45) is 3.76. The molecule has 0 aliphatic heterocycles. The van der Waals surface area contributed by atoms with Gasteiger partial charge in [0.1, 0.15) is 0 Å². The van der Waals surface area contributed by atoms with Gasteiger partial charge >= 0.3 is 0 Å². The second kappa shape index (κ2) is 4.08. The van der Waals surface area contributed by atoms with E-state index in [1.165, 1.54) is 19.3 Å². The van der Waals surface area contributed by atoms with Gasteiger partial charge in [0.25, 0.3) is 0 Å². The molecule has 1 aliphatic rings. The Hall–Kier alpha value is -0.310. The number of thiocarbonyl (C=S) groups is 1. The van der Waals surface area contributed by atoms with Crippen LogP contribution in [-0.2, 0) is 0 Å². The fraction of sp³-hybridized carbons (Fsp3) is 0.889.